The summed E-state index contributed by atoms with van der Waals surface area (Å²) in [5.41, 5.74) is 1.54. The molecule has 3 nitrogen and oxygen atoms in total. The molecule has 3 heteroatoms. The van der Waals surface area contributed by atoms with E-state index < -0.39 is 5.97 Å². The van der Waals surface area contributed by atoms with Crippen molar-refractivity contribution in [2.24, 2.45) is 17.8 Å². The van der Waals surface area contributed by atoms with Gasteiger partial charge in [-0.1, -0.05) is 0 Å². The van der Waals surface area contributed by atoms with Crippen molar-refractivity contribution >= 4 is 5.97 Å². The first-order valence-corrected chi connectivity index (χ1v) is 7.99. The summed E-state index contributed by atoms with van der Waals surface area (Å²) in [6.07, 6.45) is 7.73. The molecule has 0 aliphatic heterocycles. The fourth-order valence-corrected chi connectivity index (χ4v) is 5.69. The van der Waals surface area contributed by atoms with Crippen molar-refractivity contribution in [3.8, 4) is 5.75 Å². The lowest BCUT2D eigenvalue weighted by molar-refractivity contribution is -0.00619. The summed E-state index contributed by atoms with van der Waals surface area (Å²) in [6.45, 7) is 0. The lowest BCUT2D eigenvalue weighted by Crippen LogP contribution is -2.48. The number of hydrogen-bond donors (Lipinski definition) is 0. The summed E-state index contributed by atoms with van der Waals surface area (Å²) in [7, 11) is 1.68. The molecular formula is C18H21O3. The predicted octanol–water partition coefficient (Wildman–Crippen LogP) is 3.73. The summed E-state index contributed by atoms with van der Waals surface area (Å²) in [5, 5.41) is 11.2. The zero-order valence-electron chi connectivity index (χ0n) is 12.4. The highest BCUT2D eigenvalue weighted by molar-refractivity contribution is 5.87. The third-order valence-electron chi connectivity index (χ3n) is 6.04. The third-order valence-corrected chi connectivity index (χ3v) is 6.04. The van der Waals surface area contributed by atoms with Crippen LogP contribution in [0.15, 0.2) is 18.2 Å². The van der Waals surface area contributed by atoms with E-state index in [2.05, 4.69) is 0 Å². The summed E-state index contributed by atoms with van der Waals surface area (Å²) in [6, 6.07) is 5.22. The van der Waals surface area contributed by atoms with Gasteiger partial charge in [0.25, 0.3) is 0 Å². The molecule has 0 atom stereocenters. The second-order valence-corrected chi connectivity index (χ2v) is 7.40. The number of ether oxygens (including phenoxy) is 1. The SMILES string of the molecule is COc1ccc(C([O])=O)cc1C12CC3CC(CC(C3)C1)C2. The van der Waals surface area contributed by atoms with Crippen LogP contribution >= 0.6 is 0 Å². The van der Waals surface area contributed by atoms with Gasteiger partial charge in [-0.3, -0.25) is 0 Å². The van der Waals surface area contributed by atoms with E-state index in [0.717, 1.165) is 29.1 Å². The number of methoxy groups -OCH3 is 1. The Morgan fingerprint density at radius 1 is 1.10 bits per heavy atom. The average Bonchev–Trinajstić information content (AvgIpc) is 2.45. The van der Waals surface area contributed by atoms with Gasteiger partial charge in [0.2, 0.25) is 0 Å². The number of benzene rings is 1. The van der Waals surface area contributed by atoms with E-state index in [9.17, 15) is 9.90 Å². The Balaban J connectivity index is 1.81. The molecule has 4 aliphatic carbocycles. The maximum Gasteiger partial charge on any atom is 0.386 e. The van der Waals surface area contributed by atoms with Crippen LogP contribution in [0.3, 0.4) is 0 Å². The van der Waals surface area contributed by atoms with Gasteiger partial charge in [-0.05, 0) is 79.9 Å². The van der Waals surface area contributed by atoms with Gasteiger partial charge in [0.05, 0.1) is 12.7 Å². The molecule has 4 fully saturated rings. The van der Waals surface area contributed by atoms with E-state index in [0.29, 0.717) is 0 Å². The van der Waals surface area contributed by atoms with Gasteiger partial charge in [-0.25, -0.2) is 9.90 Å². The van der Waals surface area contributed by atoms with E-state index >= 15 is 0 Å². The highest BCUT2D eigenvalue weighted by Crippen LogP contribution is 2.61. The van der Waals surface area contributed by atoms with Gasteiger partial charge in [-0.2, -0.15) is 0 Å². The largest absolute Gasteiger partial charge is 0.496 e. The van der Waals surface area contributed by atoms with Crippen LogP contribution < -0.4 is 4.74 Å². The topological polar surface area (TPSA) is 46.2 Å². The molecule has 1 aromatic carbocycles. The Morgan fingerprint density at radius 2 is 1.67 bits per heavy atom. The molecule has 21 heavy (non-hydrogen) atoms. The average molecular weight is 285 g/mol. The summed E-state index contributed by atoms with van der Waals surface area (Å²) >= 11 is 0. The number of carbonyl (C=O) groups excluding carboxylic acids is 1. The summed E-state index contributed by atoms with van der Waals surface area (Å²) < 4.78 is 5.56. The standard InChI is InChI=1S/C18H21O3/c1-21-16-3-2-14(17(19)20)7-15(16)18-8-11-4-12(9-18)6-13(5-11)10-18/h2-3,7,11-13H,4-6,8-10H2,1H3. The summed E-state index contributed by atoms with van der Waals surface area (Å²) in [5.74, 6) is 2.23. The predicted molar refractivity (Wildman–Crippen MR) is 77.9 cm³/mol. The highest BCUT2D eigenvalue weighted by Gasteiger charge is 2.52. The van der Waals surface area contributed by atoms with Crippen molar-refractivity contribution in [3.63, 3.8) is 0 Å². The van der Waals surface area contributed by atoms with Crippen LogP contribution in [0.4, 0.5) is 0 Å². The molecule has 0 N–H and O–H groups in total. The van der Waals surface area contributed by atoms with Crippen LogP contribution in [0, 0.1) is 17.8 Å². The first kappa shape index (κ1) is 13.2. The molecule has 0 spiro atoms. The van der Waals surface area contributed by atoms with Crippen molar-refractivity contribution in [2.75, 3.05) is 7.11 Å². The fraction of sp³-hybridized carbons (Fsp3) is 0.611. The van der Waals surface area contributed by atoms with Crippen LogP contribution in [0.5, 0.6) is 5.75 Å². The number of hydrogen-bond acceptors (Lipinski definition) is 2. The van der Waals surface area contributed by atoms with Gasteiger partial charge in [0.1, 0.15) is 5.75 Å². The molecule has 1 radical (unpaired) electrons. The highest BCUT2D eigenvalue weighted by atomic mass is 16.5. The Hall–Kier alpha value is -1.51. The lowest BCUT2D eigenvalue weighted by Gasteiger charge is -2.57. The van der Waals surface area contributed by atoms with Gasteiger partial charge >= 0.3 is 5.97 Å². The normalized spacial score (nSPS) is 36.7. The maximum atomic E-state index is 11.2. The second kappa shape index (κ2) is 4.49. The monoisotopic (exact) mass is 285 g/mol. The van der Waals surface area contributed by atoms with Crippen LogP contribution in [0.2, 0.25) is 0 Å². The van der Waals surface area contributed by atoms with Crippen molar-refractivity contribution in [3.05, 3.63) is 29.3 Å². The molecule has 5 rings (SSSR count). The molecule has 1 aromatic rings. The minimum absolute atomic E-state index is 0.144. The molecule has 4 aliphatic rings. The maximum absolute atomic E-state index is 11.2. The fourth-order valence-electron chi connectivity index (χ4n) is 5.69. The van der Waals surface area contributed by atoms with Crippen LogP contribution in [-0.2, 0) is 10.5 Å². The van der Waals surface area contributed by atoms with E-state index in [1.54, 1.807) is 19.2 Å². The molecule has 111 valence electrons. The van der Waals surface area contributed by atoms with Crippen LogP contribution in [0.1, 0.15) is 54.4 Å². The first-order valence-electron chi connectivity index (χ1n) is 7.99. The molecule has 0 saturated heterocycles. The summed E-state index contributed by atoms with van der Waals surface area (Å²) in [4.78, 5) is 11.2. The van der Waals surface area contributed by atoms with Crippen LogP contribution in [0.25, 0.3) is 0 Å². The molecule has 0 heterocycles. The zero-order valence-corrected chi connectivity index (χ0v) is 12.4. The Morgan fingerprint density at radius 3 is 2.14 bits per heavy atom. The van der Waals surface area contributed by atoms with Crippen molar-refractivity contribution in [1.29, 1.82) is 0 Å². The molecule has 0 aromatic heterocycles. The molecule has 4 saturated carbocycles. The molecule has 0 amide bonds. The smallest absolute Gasteiger partial charge is 0.386 e. The van der Waals surface area contributed by atoms with E-state index in [-0.39, 0.29) is 11.0 Å². The number of carbonyl (C=O) groups is 1. The third kappa shape index (κ3) is 1.97. The Kier molecular flexibility index (Phi) is 2.82. The Bertz CT molecular complexity index is 555. The first-order chi connectivity index (χ1) is 10.1. The zero-order chi connectivity index (χ0) is 14.6. The lowest BCUT2D eigenvalue weighted by atomic mass is 9.48. The van der Waals surface area contributed by atoms with Gasteiger partial charge in [0, 0.05) is 5.56 Å². The van der Waals surface area contributed by atoms with Gasteiger partial charge in [0.15, 0.2) is 0 Å². The minimum atomic E-state index is -1.09. The molecule has 4 bridgehead atoms. The molecular weight excluding hydrogens is 264 g/mol. The second-order valence-electron chi connectivity index (χ2n) is 7.40. The minimum Gasteiger partial charge on any atom is -0.496 e. The Labute approximate surface area is 125 Å². The van der Waals surface area contributed by atoms with E-state index in [4.69, 9.17) is 4.74 Å². The van der Waals surface area contributed by atoms with Crippen molar-refractivity contribution in [1.82, 2.24) is 0 Å². The van der Waals surface area contributed by atoms with E-state index in [1.807, 2.05) is 6.07 Å². The van der Waals surface area contributed by atoms with Gasteiger partial charge in [-0.15, -0.1) is 0 Å². The number of rotatable bonds is 3. The van der Waals surface area contributed by atoms with Gasteiger partial charge < -0.3 is 4.74 Å². The van der Waals surface area contributed by atoms with Crippen LogP contribution in [-0.4, -0.2) is 13.1 Å². The quantitative estimate of drug-likeness (QED) is 0.849. The molecule has 0 unspecified atom stereocenters. The van der Waals surface area contributed by atoms with E-state index in [1.165, 1.54) is 38.5 Å². The van der Waals surface area contributed by atoms with Crippen molar-refractivity contribution in [2.45, 2.75) is 43.9 Å². The van der Waals surface area contributed by atoms with Crippen molar-refractivity contribution < 1.29 is 14.6 Å².